The monoisotopic (exact) mass is 255 g/mol. The molecule has 1 atom stereocenters. The zero-order valence-corrected chi connectivity index (χ0v) is 10.8. The average molecular weight is 255 g/mol. The molecule has 1 aliphatic carbocycles. The molecule has 1 heterocycles. The molecular formula is C12H21N3O3. The summed E-state index contributed by atoms with van der Waals surface area (Å²) in [6, 6.07) is -0.617. The number of aliphatic hydroxyl groups is 1. The van der Waals surface area contributed by atoms with E-state index in [4.69, 9.17) is 20.1 Å². The molecule has 0 aliphatic heterocycles. The van der Waals surface area contributed by atoms with Crippen molar-refractivity contribution in [1.29, 1.82) is 0 Å². The van der Waals surface area contributed by atoms with Crippen molar-refractivity contribution in [3.05, 3.63) is 11.7 Å². The van der Waals surface area contributed by atoms with Gasteiger partial charge in [-0.1, -0.05) is 24.4 Å². The largest absolute Gasteiger partial charge is 0.394 e. The maximum Gasteiger partial charge on any atom is 0.246 e. The number of hydrogen-bond donors (Lipinski definition) is 2. The van der Waals surface area contributed by atoms with Crippen molar-refractivity contribution < 1.29 is 14.4 Å². The predicted molar refractivity (Wildman–Crippen MR) is 64.7 cm³/mol. The zero-order chi connectivity index (χ0) is 13.0. The van der Waals surface area contributed by atoms with Crippen molar-refractivity contribution in [2.45, 2.75) is 50.7 Å². The zero-order valence-electron chi connectivity index (χ0n) is 10.8. The van der Waals surface area contributed by atoms with E-state index in [2.05, 4.69) is 10.1 Å². The molecule has 0 spiro atoms. The number of hydrogen-bond acceptors (Lipinski definition) is 6. The summed E-state index contributed by atoms with van der Waals surface area (Å²) in [7, 11) is 0. The van der Waals surface area contributed by atoms with Crippen molar-refractivity contribution in [2.75, 3.05) is 13.2 Å². The van der Waals surface area contributed by atoms with Gasteiger partial charge in [0.1, 0.15) is 11.6 Å². The van der Waals surface area contributed by atoms with Gasteiger partial charge in [0.05, 0.1) is 6.61 Å². The lowest BCUT2D eigenvalue weighted by atomic mass is 9.84. The highest BCUT2D eigenvalue weighted by molar-refractivity contribution is 5.04. The van der Waals surface area contributed by atoms with E-state index in [-0.39, 0.29) is 12.5 Å². The van der Waals surface area contributed by atoms with Crippen molar-refractivity contribution in [3.63, 3.8) is 0 Å². The normalized spacial score (nSPS) is 20.8. The van der Waals surface area contributed by atoms with Gasteiger partial charge in [-0.2, -0.15) is 4.98 Å². The van der Waals surface area contributed by atoms with Crippen LogP contribution in [-0.2, 0) is 10.3 Å². The van der Waals surface area contributed by atoms with E-state index in [1.165, 1.54) is 6.42 Å². The van der Waals surface area contributed by atoms with Crippen LogP contribution in [0.15, 0.2) is 4.52 Å². The van der Waals surface area contributed by atoms with E-state index >= 15 is 0 Å². The second-order valence-electron chi connectivity index (χ2n) is 4.73. The van der Waals surface area contributed by atoms with Crippen LogP contribution in [0.2, 0.25) is 0 Å². The van der Waals surface area contributed by atoms with Crippen molar-refractivity contribution in [1.82, 2.24) is 10.1 Å². The molecule has 1 aliphatic rings. The third-order valence-corrected chi connectivity index (χ3v) is 3.45. The Bertz CT molecular complexity index is 369. The van der Waals surface area contributed by atoms with Gasteiger partial charge in [0.25, 0.3) is 0 Å². The number of rotatable bonds is 5. The van der Waals surface area contributed by atoms with Crippen LogP contribution in [0, 0.1) is 0 Å². The van der Waals surface area contributed by atoms with Crippen LogP contribution < -0.4 is 5.73 Å². The molecule has 0 radical (unpaired) electrons. The van der Waals surface area contributed by atoms with Gasteiger partial charge in [-0.3, -0.25) is 0 Å². The molecule has 0 aromatic carbocycles. The summed E-state index contributed by atoms with van der Waals surface area (Å²) in [4.78, 5) is 4.31. The quantitative estimate of drug-likeness (QED) is 0.822. The lowest BCUT2D eigenvalue weighted by molar-refractivity contribution is -0.0777. The molecule has 3 N–H and O–H groups in total. The van der Waals surface area contributed by atoms with Crippen LogP contribution in [0.5, 0.6) is 0 Å². The number of ether oxygens (including phenoxy) is 1. The van der Waals surface area contributed by atoms with Crippen LogP contribution in [0.25, 0.3) is 0 Å². The standard InChI is InChI=1S/C12H21N3O3/c1-2-17-12(6-4-3-5-7-12)11-14-10(18-15-11)9(13)8-16/h9,16H,2-8,13H2,1H3/t9-/m1/s1. The van der Waals surface area contributed by atoms with Gasteiger partial charge >= 0.3 is 0 Å². The minimum atomic E-state index is -0.617. The van der Waals surface area contributed by atoms with E-state index < -0.39 is 11.6 Å². The van der Waals surface area contributed by atoms with Crippen molar-refractivity contribution in [3.8, 4) is 0 Å². The highest BCUT2D eigenvalue weighted by Gasteiger charge is 2.39. The maximum atomic E-state index is 8.99. The Hall–Kier alpha value is -0.980. The number of nitrogens with zero attached hydrogens (tertiary/aromatic N) is 2. The Morgan fingerprint density at radius 1 is 1.44 bits per heavy atom. The van der Waals surface area contributed by atoms with Crippen LogP contribution in [0.1, 0.15) is 56.8 Å². The van der Waals surface area contributed by atoms with Crippen molar-refractivity contribution in [2.24, 2.45) is 5.73 Å². The number of aliphatic hydroxyl groups excluding tert-OH is 1. The molecule has 0 saturated heterocycles. The second-order valence-corrected chi connectivity index (χ2v) is 4.73. The first-order valence-corrected chi connectivity index (χ1v) is 6.56. The minimum Gasteiger partial charge on any atom is -0.394 e. The second kappa shape index (κ2) is 5.77. The highest BCUT2D eigenvalue weighted by Crippen LogP contribution is 2.39. The molecule has 1 saturated carbocycles. The van der Waals surface area contributed by atoms with Gasteiger partial charge in [-0.15, -0.1) is 0 Å². The van der Waals surface area contributed by atoms with Crippen LogP contribution in [-0.4, -0.2) is 28.5 Å². The Balaban J connectivity index is 2.22. The lowest BCUT2D eigenvalue weighted by Crippen LogP contribution is -2.33. The van der Waals surface area contributed by atoms with E-state index in [9.17, 15) is 0 Å². The fourth-order valence-electron chi connectivity index (χ4n) is 2.48. The molecule has 18 heavy (non-hydrogen) atoms. The first-order chi connectivity index (χ1) is 8.72. The smallest absolute Gasteiger partial charge is 0.246 e. The van der Waals surface area contributed by atoms with Crippen molar-refractivity contribution >= 4 is 0 Å². The van der Waals surface area contributed by atoms with E-state index in [0.29, 0.717) is 12.4 Å². The maximum absolute atomic E-state index is 8.99. The van der Waals surface area contributed by atoms with E-state index in [1.54, 1.807) is 0 Å². The molecule has 1 aromatic heterocycles. The SMILES string of the molecule is CCOC1(c2noc([C@H](N)CO)n2)CCCCC1. The van der Waals surface area contributed by atoms with Gasteiger partial charge in [0.2, 0.25) is 11.7 Å². The van der Waals surface area contributed by atoms with Crippen LogP contribution >= 0.6 is 0 Å². The Morgan fingerprint density at radius 2 is 2.17 bits per heavy atom. The molecule has 0 bridgehead atoms. The molecule has 1 aromatic rings. The minimum absolute atomic E-state index is 0.205. The van der Waals surface area contributed by atoms with Gasteiger partial charge in [-0.05, 0) is 19.8 Å². The topological polar surface area (TPSA) is 94.4 Å². The first kappa shape index (κ1) is 13.5. The third-order valence-electron chi connectivity index (χ3n) is 3.45. The molecule has 1 fully saturated rings. The Kier molecular flexibility index (Phi) is 4.31. The Morgan fingerprint density at radius 3 is 2.78 bits per heavy atom. The molecular weight excluding hydrogens is 234 g/mol. The first-order valence-electron chi connectivity index (χ1n) is 6.56. The predicted octanol–water partition coefficient (Wildman–Crippen LogP) is 1.26. The van der Waals surface area contributed by atoms with E-state index in [1.807, 2.05) is 6.92 Å². The van der Waals surface area contributed by atoms with Gasteiger partial charge < -0.3 is 20.1 Å². The summed E-state index contributed by atoms with van der Waals surface area (Å²) in [5.41, 5.74) is 5.24. The summed E-state index contributed by atoms with van der Waals surface area (Å²) >= 11 is 0. The molecule has 0 unspecified atom stereocenters. The van der Waals surface area contributed by atoms with Crippen LogP contribution in [0.4, 0.5) is 0 Å². The molecule has 0 amide bonds. The third kappa shape index (κ3) is 2.55. The number of nitrogens with two attached hydrogens (primary N) is 1. The lowest BCUT2D eigenvalue weighted by Gasteiger charge is -2.33. The molecule has 6 heteroatoms. The summed E-state index contributed by atoms with van der Waals surface area (Å²) in [5.74, 6) is 0.847. The highest BCUT2D eigenvalue weighted by atomic mass is 16.5. The summed E-state index contributed by atoms with van der Waals surface area (Å²) in [5, 5.41) is 13.0. The summed E-state index contributed by atoms with van der Waals surface area (Å²) in [6.07, 6.45) is 5.25. The Labute approximate surface area is 107 Å². The van der Waals surface area contributed by atoms with Gasteiger partial charge in [-0.25, -0.2) is 0 Å². The fourth-order valence-corrected chi connectivity index (χ4v) is 2.48. The van der Waals surface area contributed by atoms with Gasteiger partial charge in [0.15, 0.2) is 0 Å². The van der Waals surface area contributed by atoms with Gasteiger partial charge in [0, 0.05) is 6.61 Å². The van der Waals surface area contributed by atoms with E-state index in [0.717, 1.165) is 25.7 Å². The molecule has 2 rings (SSSR count). The fraction of sp³-hybridized carbons (Fsp3) is 0.833. The number of aromatic nitrogens is 2. The average Bonchev–Trinajstić information content (AvgIpc) is 2.89. The summed E-state index contributed by atoms with van der Waals surface area (Å²) in [6.45, 7) is 2.38. The molecule has 6 nitrogen and oxygen atoms in total. The summed E-state index contributed by atoms with van der Waals surface area (Å²) < 4.78 is 11.0. The molecule has 102 valence electrons. The van der Waals surface area contributed by atoms with Crippen LogP contribution in [0.3, 0.4) is 0 Å².